The summed E-state index contributed by atoms with van der Waals surface area (Å²) >= 11 is 0. The first kappa shape index (κ1) is 17.7. The van der Waals surface area contributed by atoms with Crippen LogP contribution in [0.5, 0.6) is 0 Å². The lowest BCUT2D eigenvalue weighted by molar-refractivity contribution is -0.137. The second kappa shape index (κ2) is 9.64. The molecule has 2 N–H and O–H groups in total. The Kier molecular flexibility index (Phi) is 9.00. The normalized spacial score (nSPS) is 10.8. The molecule has 5 heteroatoms. The fraction of sp³-hybridized carbons (Fsp3) is 0.857. The Hall–Kier alpha value is -1.26. The number of nitrogens with one attached hydrogen (secondary N) is 1. The van der Waals surface area contributed by atoms with Crippen molar-refractivity contribution in [3.8, 4) is 0 Å². The highest BCUT2D eigenvalue weighted by Crippen LogP contribution is 2.04. The molecule has 0 unspecified atom stereocenters. The molecule has 5 nitrogen and oxygen atoms in total. The minimum absolute atomic E-state index is 0.0823. The number of carboxylic acid groups (broad SMARTS) is 1. The number of carbonyl (C=O) groups excluding carboxylic acids is 1. The molecule has 0 aromatic carbocycles. The van der Waals surface area contributed by atoms with Gasteiger partial charge in [0.25, 0.3) is 0 Å². The third-order valence-electron chi connectivity index (χ3n) is 2.91. The maximum Gasteiger partial charge on any atom is 0.317 e. The first-order valence-corrected chi connectivity index (χ1v) is 7.10. The van der Waals surface area contributed by atoms with Gasteiger partial charge in [-0.2, -0.15) is 0 Å². The van der Waals surface area contributed by atoms with Crippen molar-refractivity contribution in [3.63, 3.8) is 0 Å². The first-order valence-electron chi connectivity index (χ1n) is 7.10. The van der Waals surface area contributed by atoms with Gasteiger partial charge >= 0.3 is 12.0 Å². The maximum absolute atomic E-state index is 12.0. The first-order chi connectivity index (χ1) is 8.84. The molecule has 0 radical (unpaired) electrons. The summed E-state index contributed by atoms with van der Waals surface area (Å²) in [5.41, 5.74) is 0. The van der Waals surface area contributed by atoms with E-state index in [-0.39, 0.29) is 18.5 Å². The summed E-state index contributed by atoms with van der Waals surface area (Å²) in [5, 5.41) is 11.5. The largest absolute Gasteiger partial charge is 0.481 e. The number of aliphatic carboxylic acids is 1. The van der Waals surface area contributed by atoms with Gasteiger partial charge in [0.1, 0.15) is 0 Å². The van der Waals surface area contributed by atoms with Crippen molar-refractivity contribution in [2.75, 3.05) is 13.1 Å². The summed E-state index contributed by atoms with van der Waals surface area (Å²) in [5.74, 6) is -0.172. The smallest absolute Gasteiger partial charge is 0.317 e. The number of nitrogens with zero attached hydrogens (tertiary/aromatic N) is 1. The van der Waals surface area contributed by atoms with Gasteiger partial charge < -0.3 is 15.3 Å². The lowest BCUT2D eigenvalue weighted by atomic mass is 10.1. The Labute approximate surface area is 116 Å². The highest BCUT2D eigenvalue weighted by Gasteiger charge is 2.16. The van der Waals surface area contributed by atoms with Crippen molar-refractivity contribution in [2.45, 2.75) is 59.4 Å². The highest BCUT2D eigenvalue weighted by atomic mass is 16.4. The van der Waals surface area contributed by atoms with E-state index in [1.165, 1.54) is 0 Å². The van der Waals surface area contributed by atoms with Crippen molar-refractivity contribution in [1.82, 2.24) is 10.2 Å². The Balaban J connectivity index is 4.01. The summed E-state index contributed by atoms with van der Waals surface area (Å²) in [7, 11) is 0. The number of amides is 2. The van der Waals surface area contributed by atoms with Crippen LogP contribution in [-0.2, 0) is 4.79 Å². The van der Waals surface area contributed by atoms with E-state index in [9.17, 15) is 9.59 Å². The molecular weight excluding hydrogens is 244 g/mol. The molecule has 0 fully saturated rings. The molecule has 0 spiro atoms. The summed E-state index contributed by atoms with van der Waals surface area (Å²) in [6.07, 6.45) is 2.67. The van der Waals surface area contributed by atoms with Crippen molar-refractivity contribution in [3.05, 3.63) is 0 Å². The van der Waals surface area contributed by atoms with Gasteiger partial charge in [0.2, 0.25) is 0 Å². The summed E-state index contributed by atoms with van der Waals surface area (Å²) in [4.78, 5) is 24.1. The predicted octanol–water partition coefficient (Wildman–Crippen LogP) is 2.71. The van der Waals surface area contributed by atoms with Gasteiger partial charge in [-0.3, -0.25) is 4.79 Å². The van der Waals surface area contributed by atoms with E-state index in [1.54, 1.807) is 4.90 Å². The van der Waals surface area contributed by atoms with Crippen LogP contribution in [-0.4, -0.2) is 41.1 Å². The minimum atomic E-state index is -0.818. The highest BCUT2D eigenvalue weighted by molar-refractivity contribution is 5.74. The van der Waals surface area contributed by atoms with Gasteiger partial charge in [-0.1, -0.05) is 13.8 Å². The molecule has 0 saturated carbocycles. The molecule has 0 aliphatic rings. The Morgan fingerprint density at radius 2 is 1.79 bits per heavy atom. The van der Waals surface area contributed by atoms with Crippen LogP contribution in [0.1, 0.15) is 53.4 Å². The van der Waals surface area contributed by atoms with Crippen LogP contribution < -0.4 is 5.32 Å². The average Bonchev–Trinajstić information content (AvgIpc) is 2.28. The number of carboxylic acids is 1. The van der Waals surface area contributed by atoms with E-state index >= 15 is 0 Å². The standard InChI is InChI=1S/C14H28N2O3/c1-11(2)7-5-9-15-14(19)16(12(3)4)10-6-8-13(17)18/h11-12H,5-10H2,1-4H3,(H,15,19)(H,17,18). The molecule has 0 aliphatic heterocycles. The fourth-order valence-corrected chi connectivity index (χ4v) is 1.80. The zero-order valence-corrected chi connectivity index (χ0v) is 12.6. The Morgan fingerprint density at radius 1 is 1.16 bits per heavy atom. The Bertz CT molecular complexity index is 278. The van der Waals surface area contributed by atoms with E-state index in [0.717, 1.165) is 12.8 Å². The fourth-order valence-electron chi connectivity index (χ4n) is 1.80. The van der Waals surface area contributed by atoms with Crippen LogP contribution in [0.25, 0.3) is 0 Å². The van der Waals surface area contributed by atoms with Crippen molar-refractivity contribution < 1.29 is 14.7 Å². The molecule has 0 aromatic heterocycles. The van der Waals surface area contributed by atoms with Crippen LogP contribution in [0.2, 0.25) is 0 Å². The molecule has 0 atom stereocenters. The maximum atomic E-state index is 12.0. The average molecular weight is 272 g/mol. The molecule has 19 heavy (non-hydrogen) atoms. The molecule has 2 amide bonds. The van der Waals surface area contributed by atoms with Gasteiger partial charge in [-0.05, 0) is 39.0 Å². The molecule has 0 bridgehead atoms. The van der Waals surface area contributed by atoms with Gasteiger partial charge in [-0.15, -0.1) is 0 Å². The predicted molar refractivity (Wildman–Crippen MR) is 76.2 cm³/mol. The van der Waals surface area contributed by atoms with Gasteiger partial charge in [0.05, 0.1) is 0 Å². The lowest BCUT2D eigenvalue weighted by Crippen LogP contribution is -2.44. The monoisotopic (exact) mass is 272 g/mol. The minimum Gasteiger partial charge on any atom is -0.481 e. The molecule has 0 heterocycles. The van der Waals surface area contributed by atoms with E-state index in [2.05, 4.69) is 19.2 Å². The molecule has 0 aliphatic carbocycles. The second-order valence-electron chi connectivity index (χ2n) is 5.55. The van der Waals surface area contributed by atoms with Crippen LogP contribution in [0.4, 0.5) is 4.79 Å². The van der Waals surface area contributed by atoms with E-state index in [1.807, 2.05) is 13.8 Å². The van der Waals surface area contributed by atoms with Crippen LogP contribution in [0.15, 0.2) is 0 Å². The zero-order chi connectivity index (χ0) is 14.8. The van der Waals surface area contributed by atoms with Crippen molar-refractivity contribution >= 4 is 12.0 Å². The van der Waals surface area contributed by atoms with Gasteiger partial charge in [0.15, 0.2) is 0 Å². The molecule has 0 rings (SSSR count). The van der Waals surface area contributed by atoms with Crippen molar-refractivity contribution in [1.29, 1.82) is 0 Å². The molecule has 0 aromatic rings. The number of hydrogen-bond donors (Lipinski definition) is 2. The quantitative estimate of drug-likeness (QED) is 0.634. The van der Waals surface area contributed by atoms with Crippen LogP contribution in [0.3, 0.4) is 0 Å². The molecular formula is C14H28N2O3. The van der Waals surface area contributed by atoms with Crippen LogP contribution in [0, 0.1) is 5.92 Å². The second-order valence-corrected chi connectivity index (χ2v) is 5.55. The third kappa shape index (κ3) is 9.33. The lowest BCUT2D eigenvalue weighted by Gasteiger charge is -2.26. The number of urea groups is 1. The third-order valence-corrected chi connectivity index (χ3v) is 2.91. The zero-order valence-electron chi connectivity index (χ0n) is 12.6. The van der Waals surface area contributed by atoms with Crippen molar-refractivity contribution in [2.24, 2.45) is 5.92 Å². The number of hydrogen-bond acceptors (Lipinski definition) is 2. The summed E-state index contributed by atoms with van der Waals surface area (Å²) < 4.78 is 0. The van der Waals surface area contributed by atoms with E-state index < -0.39 is 5.97 Å². The topological polar surface area (TPSA) is 69.6 Å². The SMILES string of the molecule is CC(C)CCCNC(=O)N(CCCC(=O)O)C(C)C. The number of rotatable bonds is 9. The molecule has 112 valence electrons. The van der Waals surface area contributed by atoms with E-state index in [4.69, 9.17) is 5.11 Å². The summed E-state index contributed by atoms with van der Waals surface area (Å²) in [6.45, 7) is 9.37. The van der Waals surface area contributed by atoms with E-state index in [0.29, 0.717) is 25.4 Å². The number of carbonyl (C=O) groups is 2. The van der Waals surface area contributed by atoms with Gasteiger partial charge in [0, 0.05) is 25.6 Å². The molecule has 0 saturated heterocycles. The van der Waals surface area contributed by atoms with Crippen LogP contribution >= 0.6 is 0 Å². The summed E-state index contributed by atoms with van der Waals surface area (Å²) in [6, 6.07) is -0.0111. The Morgan fingerprint density at radius 3 is 2.26 bits per heavy atom. The van der Waals surface area contributed by atoms with Gasteiger partial charge in [-0.25, -0.2) is 4.79 Å².